The van der Waals surface area contributed by atoms with Crippen molar-refractivity contribution in [3.05, 3.63) is 29.8 Å². The molecule has 0 aliphatic heterocycles. The lowest BCUT2D eigenvalue weighted by atomic mass is 10.0. The fraction of sp³-hybridized carbons (Fsp3) is 0.533. The predicted molar refractivity (Wildman–Crippen MR) is 75.0 cm³/mol. The third-order valence-electron chi connectivity index (χ3n) is 3.12. The summed E-state index contributed by atoms with van der Waals surface area (Å²) in [5.41, 5.74) is 1.75. The summed E-state index contributed by atoms with van der Waals surface area (Å²) in [5, 5.41) is 12.4. The quantitative estimate of drug-likeness (QED) is 0.730. The molecule has 2 N–H and O–H groups in total. The predicted octanol–water partition coefficient (Wildman–Crippen LogP) is 3.10. The van der Waals surface area contributed by atoms with E-state index in [1.807, 2.05) is 31.2 Å². The number of carbonyl (C=O) groups is 1. The van der Waals surface area contributed by atoms with Crippen molar-refractivity contribution in [3.63, 3.8) is 0 Å². The second kappa shape index (κ2) is 7.17. The molecule has 18 heavy (non-hydrogen) atoms. The van der Waals surface area contributed by atoms with E-state index in [1.165, 1.54) is 0 Å². The molecule has 0 saturated heterocycles. The zero-order valence-corrected chi connectivity index (χ0v) is 11.4. The lowest BCUT2D eigenvalue weighted by Gasteiger charge is -2.22. The SMILES string of the molecule is CCC(=O)c1ccc(NC(CCO)C(C)C)cc1. The van der Waals surface area contributed by atoms with Gasteiger partial charge in [0.05, 0.1) is 0 Å². The monoisotopic (exact) mass is 249 g/mol. The molecule has 100 valence electrons. The molecule has 0 aromatic heterocycles. The number of aliphatic hydroxyl groups excluding tert-OH is 1. The van der Waals surface area contributed by atoms with Gasteiger partial charge in [-0.05, 0) is 36.6 Å². The zero-order chi connectivity index (χ0) is 13.5. The molecule has 3 nitrogen and oxygen atoms in total. The Morgan fingerprint density at radius 1 is 1.28 bits per heavy atom. The molecule has 0 saturated carbocycles. The number of ketones is 1. The van der Waals surface area contributed by atoms with Gasteiger partial charge in [-0.1, -0.05) is 20.8 Å². The molecule has 1 aromatic rings. The van der Waals surface area contributed by atoms with Gasteiger partial charge in [0.2, 0.25) is 0 Å². The van der Waals surface area contributed by atoms with Gasteiger partial charge in [-0.3, -0.25) is 4.79 Å². The first-order valence-corrected chi connectivity index (χ1v) is 6.59. The van der Waals surface area contributed by atoms with E-state index in [0.29, 0.717) is 12.3 Å². The summed E-state index contributed by atoms with van der Waals surface area (Å²) in [6.07, 6.45) is 1.26. The van der Waals surface area contributed by atoms with Gasteiger partial charge in [0.15, 0.2) is 5.78 Å². The summed E-state index contributed by atoms with van der Waals surface area (Å²) in [6.45, 7) is 6.30. The highest BCUT2D eigenvalue weighted by Crippen LogP contribution is 2.16. The Balaban J connectivity index is 2.70. The average molecular weight is 249 g/mol. The number of Topliss-reactive ketones (excluding diaryl/α,β-unsaturated/α-hetero) is 1. The van der Waals surface area contributed by atoms with Crippen LogP contribution >= 0.6 is 0 Å². The normalized spacial score (nSPS) is 12.5. The minimum absolute atomic E-state index is 0.164. The van der Waals surface area contributed by atoms with Crippen molar-refractivity contribution >= 4 is 11.5 Å². The van der Waals surface area contributed by atoms with E-state index in [0.717, 1.165) is 17.7 Å². The Kier molecular flexibility index (Phi) is 5.86. The highest BCUT2D eigenvalue weighted by Gasteiger charge is 2.12. The van der Waals surface area contributed by atoms with Crippen molar-refractivity contribution in [1.29, 1.82) is 0 Å². The number of nitrogens with one attached hydrogen (secondary N) is 1. The molecule has 3 heteroatoms. The van der Waals surface area contributed by atoms with Crippen molar-refractivity contribution < 1.29 is 9.90 Å². The van der Waals surface area contributed by atoms with E-state index in [-0.39, 0.29) is 18.4 Å². The summed E-state index contributed by atoms with van der Waals surface area (Å²) in [4.78, 5) is 11.5. The maximum atomic E-state index is 11.5. The second-order valence-electron chi connectivity index (χ2n) is 4.86. The van der Waals surface area contributed by atoms with E-state index >= 15 is 0 Å². The summed E-state index contributed by atoms with van der Waals surface area (Å²) in [5.74, 6) is 0.617. The van der Waals surface area contributed by atoms with Crippen LogP contribution in [-0.4, -0.2) is 23.5 Å². The first-order valence-electron chi connectivity index (χ1n) is 6.59. The molecule has 1 atom stereocenters. The summed E-state index contributed by atoms with van der Waals surface area (Å²) in [7, 11) is 0. The van der Waals surface area contributed by atoms with Gasteiger partial charge in [0.25, 0.3) is 0 Å². The highest BCUT2D eigenvalue weighted by molar-refractivity contribution is 5.96. The van der Waals surface area contributed by atoms with Crippen LogP contribution in [0.25, 0.3) is 0 Å². The first kappa shape index (κ1) is 14.7. The molecule has 0 bridgehead atoms. The number of aliphatic hydroxyl groups is 1. The molecule has 1 rings (SSSR count). The maximum Gasteiger partial charge on any atom is 0.162 e. The smallest absolute Gasteiger partial charge is 0.162 e. The maximum absolute atomic E-state index is 11.5. The largest absolute Gasteiger partial charge is 0.396 e. The molecule has 0 heterocycles. The Hall–Kier alpha value is -1.35. The Morgan fingerprint density at radius 2 is 1.89 bits per heavy atom. The molecule has 0 spiro atoms. The van der Waals surface area contributed by atoms with Gasteiger partial charge in [-0.25, -0.2) is 0 Å². The zero-order valence-electron chi connectivity index (χ0n) is 11.4. The summed E-state index contributed by atoms with van der Waals surface area (Å²) in [6, 6.07) is 7.81. The van der Waals surface area contributed by atoms with Crippen molar-refractivity contribution in [2.45, 2.75) is 39.7 Å². The molecular formula is C15H23NO2. The van der Waals surface area contributed by atoms with Crippen LogP contribution in [0.4, 0.5) is 5.69 Å². The molecule has 0 fully saturated rings. The summed E-state index contributed by atoms with van der Waals surface area (Å²) < 4.78 is 0. The van der Waals surface area contributed by atoms with Gasteiger partial charge in [-0.2, -0.15) is 0 Å². The van der Waals surface area contributed by atoms with Gasteiger partial charge in [0.1, 0.15) is 0 Å². The van der Waals surface area contributed by atoms with Crippen LogP contribution in [0.15, 0.2) is 24.3 Å². The molecule has 0 aliphatic rings. The highest BCUT2D eigenvalue weighted by atomic mass is 16.3. The Labute approximate surface area is 109 Å². The molecule has 1 unspecified atom stereocenters. The van der Waals surface area contributed by atoms with Gasteiger partial charge in [-0.15, -0.1) is 0 Å². The number of carbonyl (C=O) groups excluding carboxylic acids is 1. The minimum atomic E-state index is 0.164. The fourth-order valence-corrected chi connectivity index (χ4v) is 1.88. The topological polar surface area (TPSA) is 49.3 Å². The number of hydrogen-bond donors (Lipinski definition) is 2. The first-order chi connectivity index (χ1) is 8.58. The number of rotatable bonds is 7. The van der Waals surface area contributed by atoms with Crippen LogP contribution in [0.2, 0.25) is 0 Å². The third kappa shape index (κ3) is 4.15. The standard InChI is InChI=1S/C15H23NO2/c1-4-15(18)12-5-7-13(8-6-12)16-14(9-10-17)11(2)3/h5-8,11,14,16-17H,4,9-10H2,1-3H3. The molecule has 0 radical (unpaired) electrons. The van der Waals surface area contributed by atoms with Crippen molar-refractivity contribution in [1.82, 2.24) is 0 Å². The lowest BCUT2D eigenvalue weighted by molar-refractivity contribution is 0.0988. The van der Waals surface area contributed by atoms with E-state index in [4.69, 9.17) is 5.11 Å². The van der Waals surface area contributed by atoms with Crippen molar-refractivity contribution in [2.24, 2.45) is 5.92 Å². The number of benzene rings is 1. The average Bonchev–Trinajstić information content (AvgIpc) is 2.38. The van der Waals surface area contributed by atoms with Crippen LogP contribution in [-0.2, 0) is 0 Å². The minimum Gasteiger partial charge on any atom is -0.396 e. The third-order valence-corrected chi connectivity index (χ3v) is 3.12. The number of hydrogen-bond acceptors (Lipinski definition) is 3. The van der Waals surface area contributed by atoms with E-state index in [9.17, 15) is 4.79 Å². The molecule has 0 amide bonds. The van der Waals surface area contributed by atoms with Crippen LogP contribution in [0, 0.1) is 5.92 Å². The second-order valence-corrected chi connectivity index (χ2v) is 4.86. The lowest BCUT2D eigenvalue weighted by Crippen LogP contribution is -2.26. The Bertz CT molecular complexity index is 371. The van der Waals surface area contributed by atoms with Crippen LogP contribution in [0.1, 0.15) is 44.0 Å². The molecular weight excluding hydrogens is 226 g/mol. The van der Waals surface area contributed by atoms with E-state index < -0.39 is 0 Å². The van der Waals surface area contributed by atoms with E-state index in [1.54, 1.807) is 0 Å². The van der Waals surface area contributed by atoms with Crippen LogP contribution in [0.3, 0.4) is 0 Å². The van der Waals surface area contributed by atoms with Gasteiger partial charge in [0, 0.05) is 30.3 Å². The molecule has 1 aromatic carbocycles. The van der Waals surface area contributed by atoms with Gasteiger partial charge >= 0.3 is 0 Å². The van der Waals surface area contributed by atoms with E-state index in [2.05, 4.69) is 19.2 Å². The molecule has 0 aliphatic carbocycles. The van der Waals surface area contributed by atoms with Crippen molar-refractivity contribution in [2.75, 3.05) is 11.9 Å². The Morgan fingerprint density at radius 3 is 2.33 bits per heavy atom. The van der Waals surface area contributed by atoms with Crippen LogP contribution < -0.4 is 5.32 Å². The number of anilines is 1. The summed E-state index contributed by atoms with van der Waals surface area (Å²) >= 11 is 0. The van der Waals surface area contributed by atoms with Crippen molar-refractivity contribution in [3.8, 4) is 0 Å². The fourth-order valence-electron chi connectivity index (χ4n) is 1.88. The van der Waals surface area contributed by atoms with Crippen LogP contribution in [0.5, 0.6) is 0 Å². The van der Waals surface area contributed by atoms with Gasteiger partial charge < -0.3 is 10.4 Å².